The summed E-state index contributed by atoms with van der Waals surface area (Å²) >= 11 is 6.05. The molecule has 0 atom stereocenters. The average molecular weight is 275 g/mol. The van der Waals surface area contributed by atoms with E-state index in [1.54, 1.807) is 6.07 Å². The van der Waals surface area contributed by atoms with E-state index >= 15 is 0 Å². The molecule has 0 saturated carbocycles. The van der Waals surface area contributed by atoms with Crippen molar-refractivity contribution >= 4 is 29.0 Å². The fourth-order valence-electron chi connectivity index (χ4n) is 1.64. The summed E-state index contributed by atoms with van der Waals surface area (Å²) in [5, 5.41) is 6.00. The number of carbonyl (C=O) groups excluding carboxylic acids is 1. The summed E-state index contributed by atoms with van der Waals surface area (Å²) in [6.45, 7) is 3.94. The van der Waals surface area contributed by atoms with Gasteiger partial charge in [0.25, 0.3) is 0 Å². The molecule has 0 aliphatic heterocycles. The molecule has 0 spiro atoms. The maximum absolute atomic E-state index is 11.8. The molecule has 4 heteroatoms. The van der Waals surface area contributed by atoms with E-state index in [2.05, 4.69) is 10.6 Å². The molecule has 0 unspecified atom stereocenters. The molecule has 0 radical (unpaired) electrons. The Kier molecular flexibility index (Phi) is 4.07. The van der Waals surface area contributed by atoms with Crippen LogP contribution in [-0.2, 0) is 0 Å². The molecular weight excluding hydrogens is 260 g/mol. The van der Waals surface area contributed by atoms with Crippen LogP contribution in [0.5, 0.6) is 0 Å². The zero-order chi connectivity index (χ0) is 13.8. The van der Waals surface area contributed by atoms with Gasteiger partial charge in [-0.3, -0.25) is 0 Å². The van der Waals surface area contributed by atoms with Gasteiger partial charge in [-0.05, 0) is 43.7 Å². The number of aryl methyl sites for hydroxylation is 2. The van der Waals surface area contributed by atoms with Gasteiger partial charge in [0.05, 0.1) is 10.7 Å². The third kappa shape index (κ3) is 3.73. The van der Waals surface area contributed by atoms with Crippen molar-refractivity contribution in [2.45, 2.75) is 13.8 Å². The van der Waals surface area contributed by atoms with Crippen LogP contribution in [0, 0.1) is 13.8 Å². The summed E-state index contributed by atoms with van der Waals surface area (Å²) in [7, 11) is 0. The summed E-state index contributed by atoms with van der Waals surface area (Å²) in [6, 6.07) is 12.8. The number of anilines is 2. The maximum Gasteiger partial charge on any atom is 0.323 e. The van der Waals surface area contributed by atoms with Gasteiger partial charge in [-0.2, -0.15) is 0 Å². The molecule has 3 nitrogen and oxygen atoms in total. The number of urea groups is 1. The Bertz CT molecular complexity index is 594. The number of amides is 2. The molecule has 19 heavy (non-hydrogen) atoms. The molecule has 2 rings (SSSR count). The highest BCUT2D eigenvalue weighted by atomic mass is 35.5. The Morgan fingerprint density at radius 3 is 2.21 bits per heavy atom. The van der Waals surface area contributed by atoms with E-state index in [1.165, 1.54) is 0 Å². The largest absolute Gasteiger partial charge is 0.323 e. The molecule has 2 aromatic rings. The number of halogens is 1. The lowest BCUT2D eigenvalue weighted by Crippen LogP contribution is -2.19. The fraction of sp³-hybridized carbons (Fsp3) is 0.133. The summed E-state index contributed by atoms with van der Waals surface area (Å²) in [6.07, 6.45) is 0. The number of carbonyl (C=O) groups is 1. The van der Waals surface area contributed by atoms with Crippen molar-refractivity contribution in [3.63, 3.8) is 0 Å². The molecule has 0 aliphatic carbocycles. The SMILES string of the molecule is Cc1ccc(NC(=O)Nc2ccc(C)cc2Cl)cc1. The minimum absolute atomic E-state index is 0.311. The van der Waals surface area contributed by atoms with Crippen LogP contribution in [0.25, 0.3) is 0 Å². The lowest BCUT2D eigenvalue weighted by Gasteiger charge is -2.09. The molecule has 0 aromatic heterocycles. The van der Waals surface area contributed by atoms with E-state index in [0.717, 1.165) is 16.8 Å². The van der Waals surface area contributed by atoms with E-state index < -0.39 is 0 Å². The normalized spacial score (nSPS) is 10.1. The van der Waals surface area contributed by atoms with Crippen LogP contribution in [0.4, 0.5) is 16.2 Å². The third-order valence-electron chi connectivity index (χ3n) is 2.68. The van der Waals surface area contributed by atoms with E-state index in [0.29, 0.717) is 10.7 Å². The van der Waals surface area contributed by atoms with Crippen molar-refractivity contribution in [2.24, 2.45) is 0 Å². The summed E-state index contributed by atoms with van der Waals surface area (Å²) in [4.78, 5) is 11.8. The molecule has 0 heterocycles. The van der Waals surface area contributed by atoms with Gasteiger partial charge in [-0.25, -0.2) is 4.79 Å². The van der Waals surface area contributed by atoms with Gasteiger partial charge >= 0.3 is 6.03 Å². The maximum atomic E-state index is 11.8. The van der Waals surface area contributed by atoms with Gasteiger partial charge in [0.2, 0.25) is 0 Å². The highest BCUT2D eigenvalue weighted by molar-refractivity contribution is 6.33. The number of hydrogen-bond acceptors (Lipinski definition) is 1. The van der Waals surface area contributed by atoms with Crippen molar-refractivity contribution in [3.8, 4) is 0 Å². The van der Waals surface area contributed by atoms with Crippen LogP contribution in [-0.4, -0.2) is 6.03 Å². The topological polar surface area (TPSA) is 41.1 Å². The van der Waals surface area contributed by atoms with E-state index in [1.807, 2.05) is 50.2 Å². The predicted molar refractivity (Wildman–Crippen MR) is 80.0 cm³/mol. The molecule has 0 fully saturated rings. The first-order valence-electron chi connectivity index (χ1n) is 5.95. The lowest BCUT2D eigenvalue weighted by molar-refractivity contribution is 0.262. The van der Waals surface area contributed by atoms with Crippen LogP contribution >= 0.6 is 11.6 Å². The Morgan fingerprint density at radius 2 is 1.58 bits per heavy atom. The molecule has 2 N–H and O–H groups in total. The number of rotatable bonds is 2. The molecule has 2 aromatic carbocycles. The predicted octanol–water partition coefficient (Wildman–Crippen LogP) is 4.60. The smallest absolute Gasteiger partial charge is 0.308 e. The van der Waals surface area contributed by atoms with E-state index in [-0.39, 0.29) is 6.03 Å². The molecule has 0 bridgehead atoms. The van der Waals surface area contributed by atoms with Crippen molar-refractivity contribution in [1.82, 2.24) is 0 Å². The average Bonchev–Trinajstić information content (AvgIpc) is 2.36. The zero-order valence-corrected chi connectivity index (χ0v) is 11.6. The van der Waals surface area contributed by atoms with Crippen LogP contribution < -0.4 is 10.6 Å². The fourth-order valence-corrected chi connectivity index (χ4v) is 1.93. The molecule has 2 amide bonds. The molecule has 0 aliphatic rings. The second-order valence-corrected chi connectivity index (χ2v) is 4.84. The van der Waals surface area contributed by atoms with Crippen molar-refractivity contribution < 1.29 is 4.79 Å². The zero-order valence-electron chi connectivity index (χ0n) is 10.8. The van der Waals surface area contributed by atoms with Gasteiger partial charge < -0.3 is 10.6 Å². The second kappa shape index (κ2) is 5.76. The summed E-state index contributed by atoms with van der Waals surface area (Å²) in [5.74, 6) is 0. The van der Waals surface area contributed by atoms with Gasteiger partial charge in [0.15, 0.2) is 0 Å². The minimum Gasteiger partial charge on any atom is -0.308 e. The van der Waals surface area contributed by atoms with Crippen LogP contribution in [0.1, 0.15) is 11.1 Å². The standard InChI is InChI=1S/C15H15ClN2O/c1-10-3-6-12(7-4-10)17-15(19)18-14-8-5-11(2)9-13(14)16/h3-9H,1-2H3,(H2,17,18,19). The third-order valence-corrected chi connectivity index (χ3v) is 2.99. The summed E-state index contributed by atoms with van der Waals surface area (Å²) < 4.78 is 0. The van der Waals surface area contributed by atoms with Gasteiger partial charge in [0, 0.05) is 5.69 Å². The van der Waals surface area contributed by atoms with Crippen LogP contribution in [0.3, 0.4) is 0 Å². The quantitative estimate of drug-likeness (QED) is 0.825. The Hall–Kier alpha value is -2.00. The highest BCUT2D eigenvalue weighted by Gasteiger charge is 2.05. The monoisotopic (exact) mass is 274 g/mol. The van der Waals surface area contributed by atoms with Crippen molar-refractivity contribution in [2.75, 3.05) is 10.6 Å². The Labute approximate surface area is 117 Å². The van der Waals surface area contributed by atoms with Crippen LogP contribution in [0.15, 0.2) is 42.5 Å². The van der Waals surface area contributed by atoms with Crippen molar-refractivity contribution in [1.29, 1.82) is 0 Å². The molecule has 98 valence electrons. The number of hydrogen-bond donors (Lipinski definition) is 2. The van der Waals surface area contributed by atoms with Gasteiger partial charge in [-0.1, -0.05) is 35.4 Å². The number of nitrogens with one attached hydrogen (secondary N) is 2. The van der Waals surface area contributed by atoms with Crippen molar-refractivity contribution in [3.05, 3.63) is 58.6 Å². The number of benzene rings is 2. The lowest BCUT2D eigenvalue weighted by atomic mass is 10.2. The minimum atomic E-state index is -0.311. The highest BCUT2D eigenvalue weighted by Crippen LogP contribution is 2.22. The second-order valence-electron chi connectivity index (χ2n) is 4.43. The first kappa shape index (κ1) is 13.4. The first-order chi connectivity index (χ1) is 9.04. The first-order valence-corrected chi connectivity index (χ1v) is 6.33. The van der Waals surface area contributed by atoms with Crippen LogP contribution in [0.2, 0.25) is 5.02 Å². The summed E-state index contributed by atoms with van der Waals surface area (Å²) in [5.41, 5.74) is 3.53. The Morgan fingerprint density at radius 1 is 0.947 bits per heavy atom. The van der Waals surface area contributed by atoms with E-state index in [9.17, 15) is 4.79 Å². The van der Waals surface area contributed by atoms with E-state index in [4.69, 9.17) is 11.6 Å². The molecular formula is C15H15ClN2O. The molecule has 0 saturated heterocycles. The van der Waals surface area contributed by atoms with Gasteiger partial charge in [0.1, 0.15) is 0 Å². The Balaban J connectivity index is 2.03. The van der Waals surface area contributed by atoms with Gasteiger partial charge in [-0.15, -0.1) is 0 Å².